The number of aromatic nitrogens is 2. The molecule has 6 heteroatoms. The number of nitrogen functional groups attached to an aromatic ring is 1. The van der Waals surface area contributed by atoms with Gasteiger partial charge in [-0.2, -0.15) is 0 Å². The Morgan fingerprint density at radius 1 is 1.32 bits per heavy atom. The molecule has 0 saturated heterocycles. The Labute approximate surface area is 113 Å². The van der Waals surface area contributed by atoms with E-state index >= 15 is 0 Å². The van der Waals surface area contributed by atoms with Crippen LogP contribution in [0.2, 0.25) is 0 Å². The summed E-state index contributed by atoms with van der Waals surface area (Å²) in [7, 11) is 0. The van der Waals surface area contributed by atoms with Gasteiger partial charge in [0, 0.05) is 10.8 Å². The number of pyridine rings is 1. The van der Waals surface area contributed by atoms with Crippen LogP contribution in [0.5, 0.6) is 0 Å². The molecule has 1 amide bonds. The van der Waals surface area contributed by atoms with E-state index in [2.05, 4.69) is 15.3 Å². The van der Waals surface area contributed by atoms with Crippen molar-refractivity contribution >= 4 is 39.0 Å². The van der Waals surface area contributed by atoms with E-state index < -0.39 is 0 Å². The van der Waals surface area contributed by atoms with E-state index in [9.17, 15) is 4.79 Å². The first-order valence-electron chi connectivity index (χ1n) is 5.59. The highest BCUT2D eigenvalue weighted by Gasteiger charge is 2.10. The SMILES string of the molecule is Nc1nc(C(=O)Nc2cnc3ccccc3c2)cs1. The van der Waals surface area contributed by atoms with E-state index in [1.165, 1.54) is 11.3 Å². The monoisotopic (exact) mass is 270 g/mol. The Morgan fingerprint density at radius 3 is 2.95 bits per heavy atom. The van der Waals surface area contributed by atoms with Gasteiger partial charge in [0.15, 0.2) is 5.13 Å². The second-order valence-electron chi connectivity index (χ2n) is 3.94. The van der Waals surface area contributed by atoms with Crippen LogP contribution in [0.1, 0.15) is 10.5 Å². The number of carbonyl (C=O) groups is 1. The lowest BCUT2D eigenvalue weighted by Gasteiger charge is -2.04. The lowest BCUT2D eigenvalue weighted by atomic mass is 10.2. The van der Waals surface area contributed by atoms with E-state index in [4.69, 9.17) is 5.73 Å². The number of thiazole rings is 1. The van der Waals surface area contributed by atoms with E-state index in [0.29, 0.717) is 16.5 Å². The van der Waals surface area contributed by atoms with Gasteiger partial charge in [-0.3, -0.25) is 9.78 Å². The molecule has 19 heavy (non-hydrogen) atoms. The summed E-state index contributed by atoms with van der Waals surface area (Å²) in [5.74, 6) is -0.287. The van der Waals surface area contributed by atoms with Crippen molar-refractivity contribution in [1.29, 1.82) is 0 Å². The minimum Gasteiger partial charge on any atom is -0.375 e. The molecule has 2 heterocycles. The van der Waals surface area contributed by atoms with Crippen molar-refractivity contribution in [3.8, 4) is 0 Å². The molecule has 0 bridgehead atoms. The maximum Gasteiger partial charge on any atom is 0.275 e. The molecule has 1 aromatic carbocycles. The summed E-state index contributed by atoms with van der Waals surface area (Å²) in [5.41, 5.74) is 7.34. The summed E-state index contributed by atoms with van der Waals surface area (Å²) in [6.45, 7) is 0. The average molecular weight is 270 g/mol. The number of nitrogens with two attached hydrogens (primary N) is 1. The molecule has 3 aromatic rings. The average Bonchev–Trinajstić information content (AvgIpc) is 2.85. The van der Waals surface area contributed by atoms with Crippen LogP contribution in [0.25, 0.3) is 10.9 Å². The minimum absolute atomic E-state index is 0.287. The van der Waals surface area contributed by atoms with E-state index in [1.807, 2.05) is 30.3 Å². The summed E-state index contributed by atoms with van der Waals surface area (Å²) < 4.78 is 0. The van der Waals surface area contributed by atoms with Gasteiger partial charge in [0.1, 0.15) is 5.69 Å². The highest BCUT2D eigenvalue weighted by Crippen LogP contribution is 2.17. The third kappa shape index (κ3) is 2.38. The van der Waals surface area contributed by atoms with Gasteiger partial charge in [0.05, 0.1) is 17.4 Å². The lowest BCUT2D eigenvalue weighted by Crippen LogP contribution is -2.12. The predicted molar refractivity (Wildman–Crippen MR) is 76.2 cm³/mol. The maximum absolute atomic E-state index is 11.9. The maximum atomic E-state index is 11.9. The van der Waals surface area contributed by atoms with Crippen LogP contribution in [0, 0.1) is 0 Å². The van der Waals surface area contributed by atoms with Crippen LogP contribution < -0.4 is 11.1 Å². The smallest absolute Gasteiger partial charge is 0.275 e. The number of rotatable bonds is 2. The Bertz CT molecular complexity index is 753. The number of nitrogens with zero attached hydrogens (tertiary/aromatic N) is 2. The second kappa shape index (κ2) is 4.66. The molecule has 0 atom stereocenters. The highest BCUT2D eigenvalue weighted by molar-refractivity contribution is 7.13. The highest BCUT2D eigenvalue weighted by atomic mass is 32.1. The largest absolute Gasteiger partial charge is 0.375 e. The zero-order chi connectivity index (χ0) is 13.2. The molecule has 0 unspecified atom stereocenters. The fourth-order valence-corrected chi connectivity index (χ4v) is 2.27. The Morgan fingerprint density at radius 2 is 2.16 bits per heavy atom. The molecule has 0 radical (unpaired) electrons. The van der Waals surface area contributed by atoms with E-state index in [1.54, 1.807) is 11.6 Å². The summed E-state index contributed by atoms with van der Waals surface area (Å²) in [4.78, 5) is 20.1. The van der Waals surface area contributed by atoms with E-state index in [-0.39, 0.29) is 5.91 Å². The Hall–Kier alpha value is -2.47. The molecular formula is C13H10N4OS. The zero-order valence-corrected chi connectivity index (χ0v) is 10.6. The summed E-state index contributed by atoms with van der Waals surface area (Å²) in [6.07, 6.45) is 1.62. The van der Waals surface area contributed by atoms with Crippen molar-refractivity contribution in [2.45, 2.75) is 0 Å². The number of amides is 1. The standard InChI is InChI=1S/C13H10N4OS/c14-13-17-11(7-19-13)12(18)16-9-5-8-3-1-2-4-10(8)15-6-9/h1-7H,(H2,14,17)(H,16,18). The van der Waals surface area contributed by atoms with Crippen molar-refractivity contribution < 1.29 is 4.79 Å². The quantitative estimate of drug-likeness (QED) is 0.749. The van der Waals surface area contributed by atoms with Crippen LogP contribution in [-0.4, -0.2) is 15.9 Å². The van der Waals surface area contributed by atoms with Crippen LogP contribution in [0.3, 0.4) is 0 Å². The lowest BCUT2D eigenvalue weighted by molar-refractivity contribution is 0.102. The van der Waals surface area contributed by atoms with Gasteiger partial charge in [-0.05, 0) is 12.1 Å². The van der Waals surface area contributed by atoms with Crippen molar-refractivity contribution in [3.63, 3.8) is 0 Å². The number of anilines is 2. The van der Waals surface area contributed by atoms with Gasteiger partial charge >= 0.3 is 0 Å². The predicted octanol–water partition coefficient (Wildman–Crippen LogP) is 2.53. The van der Waals surface area contributed by atoms with Crippen molar-refractivity contribution in [2.75, 3.05) is 11.1 Å². The fourth-order valence-electron chi connectivity index (χ4n) is 1.73. The molecule has 0 aliphatic heterocycles. The minimum atomic E-state index is -0.287. The normalized spacial score (nSPS) is 10.5. The number of hydrogen-bond donors (Lipinski definition) is 2. The topological polar surface area (TPSA) is 80.9 Å². The number of carbonyl (C=O) groups excluding carboxylic acids is 1. The molecule has 0 spiro atoms. The summed E-state index contributed by atoms with van der Waals surface area (Å²) in [5, 5.41) is 5.72. The van der Waals surface area contributed by atoms with Crippen LogP contribution >= 0.6 is 11.3 Å². The Kier molecular flexibility index (Phi) is 2.85. The van der Waals surface area contributed by atoms with Crippen molar-refractivity contribution in [2.24, 2.45) is 0 Å². The van der Waals surface area contributed by atoms with Crippen molar-refractivity contribution in [1.82, 2.24) is 9.97 Å². The molecule has 5 nitrogen and oxygen atoms in total. The van der Waals surface area contributed by atoms with Crippen LogP contribution in [0.4, 0.5) is 10.8 Å². The zero-order valence-electron chi connectivity index (χ0n) is 9.83. The molecule has 2 aromatic heterocycles. The van der Waals surface area contributed by atoms with Gasteiger partial charge in [0.25, 0.3) is 5.91 Å². The molecule has 0 saturated carbocycles. The first-order valence-corrected chi connectivity index (χ1v) is 6.47. The van der Waals surface area contributed by atoms with Crippen LogP contribution in [0.15, 0.2) is 41.9 Å². The van der Waals surface area contributed by atoms with Gasteiger partial charge < -0.3 is 11.1 Å². The van der Waals surface area contributed by atoms with E-state index in [0.717, 1.165) is 10.9 Å². The summed E-state index contributed by atoms with van der Waals surface area (Å²) >= 11 is 1.24. The number of nitrogens with one attached hydrogen (secondary N) is 1. The molecule has 0 aliphatic rings. The molecular weight excluding hydrogens is 260 g/mol. The van der Waals surface area contributed by atoms with Gasteiger partial charge in [-0.1, -0.05) is 18.2 Å². The Balaban J connectivity index is 1.87. The van der Waals surface area contributed by atoms with Crippen molar-refractivity contribution in [3.05, 3.63) is 47.6 Å². The third-order valence-corrected chi connectivity index (χ3v) is 3.28. The fraction of sp³-hybridized carbons (Fsp3) is 0. The molecule has 0 aliphatic carbocycles. The first-order chi connectivity index (χ1) is 9.22. The van der Waals surface area contributed by atoms with Gasteiger partial charge in [-0.15, -0.1) is 11.3 Å². The number of para-hydroxylation sites is 1. The van der Waals surface area contributed by atoms with Gasteiger partial charge in [0.2, 0.25) is 0 Å². The van der Waals surface area contributed by atoms with Gasteiger partial charge in [-0.25, -0.2) is 4.98 Å². The molecule has 3 N–H and O–H groups in total. The molecule has 94 valence electrons. The summed E-state index contributed by atoms with van der Waals surface area (Å²) in [6, 6.07) is 9.58. The number of hydrogen-bond acceptors (Lipinski definition) is 5. The molecule has 3 rings (SSSR count). The number of fused-ring (bicyclic) bond motifs is 1. The number of benzene rings is 1. The first kappa shape index (κ1) is 11.6. The second-order valence-corrected chi connectivity index (χ2v) is 4.83. The third-order valence-electron chi connectivity index (χ3n) is 2.60. The molecule has 0 fully saturated rings. The van der Waals surface area contributed by atoms with Crippen LogP contribution in [-0.2, 0) is 0 Å².